The van der Waals surface area contributed by atoms with Gasteiger partial charge in [-0.3, -0.25) is 0 Å². The van der Waals surface area contributed by atoms with Crippen molar-refractivity contribution in [3.63, 3.8) is 0 Å². The molecular weight excluding hydrogens is 182 g/mol. The van der Waals surface area contributed by atoms with E-state index in [4.69, 9.17) is 10.5 Å². The number of ether oxygens (including phenoxy) is 1. The van der Waals surface area contributed by atoms with Crippen molar-refractivity contribution < 1.29 is 14.6 Å². The van der Waals surface area contributed by atoms with E-state index < -0.39 is 11.7 Å². The van der Waals surface area contributed by atoms with Gasteiger partial charge in [-0.15, -0.1) is 0 Å². The fourth-order valence-electron chi connectivity index (χ4n) is 2.38. The Morgan fingerprint density at radius 2 is 2.21 bits per heavy atom. The minimum absolute atomic E-state index is 0.0242. The molecule has 1 rings (SSSR count). The van der Waals surface area contributed by atoms with Crippen LogP contribution in [-0.2, 0) is 4.74 Å². The van der Waals surface area contributed by atoms with Gasteiger partial charge in [-0.2, -0.15) is 0 Å². The predicted molar refractivity (Wildman–Crippen MR) is 52.7 cm³/mol. The Bertz CT molecular complexity index is 230. The van der Waals surface area contributed by atoms with Gasteiger partial charge in [0.1, 0.15) is 5.60 Å². The molecular formula is C10H19NO3. The molecule has 0 aromatic carbocycles. The third-order valence-electron chi connectivity index (χ3n) is 3.11. The molecule has 2 atom stereocenters. The Kier molecular flexibility index (Phi) is 2.76. The Morgan fingerprint density at radius 1 is 1.64 bits per heavy atom. The molecule has 1 saturated carbocycles. The average Bonchev–Trinajstić information content (AvgIpc) is 1.94. The van der Waals surface area contributed by atoms with Crippen LogP contribution < -0.4 is 5.73 Å². The number of carbonyl (C=O) groups is 1. The quantitative estimate of drug-likeness (QED) is 0.706. The second kappa shape index (κ2) is 3.42. The highest BCUT2D eigenvalue weighted by atomic mass is 16.6. The van der Waals surface area contributed by atoms with E-state index in [0.717, 1.165) is 6.42 Å². The predicted octanol–water partition coefficient (Wildman–Crippen LogP) is 1.27. The number of carbonyl (C=O) groups excluding carboxylic acids is 1. The number of amides is 1. The van der Waals surface area contributed by atoms with Crippen molar-refractivity contribution in [3.8, 4) is 0 Å². The van der Waals surface area contributed by atoms with Gasteiger partial charge in [0.15, 0.2) is 0 Å². The maximum Gasteiger partial charge on any atom is 0.405 e. The van der Waals surface area contributed by atoms with E-state index >= 15 is 0 Å². The number of nitrogens with two attached hydrogens (primary N) is 1. The first-order valence-corrected chi connectivity index (χ1v) is 4.91. The van der Waals surface area contributed by atoms with Crippen LogP contribution in [0.4, 0.5) is 4.79 Å². The van der Waals surface area contributed by atoms with Gasteiger partial charge >= 0.3 is 6.09 Å². The van der Waals surface area contributed by atoms with Gasteiger partial charge in [-0.05, 0) is 18.3 Å². The summed E-state index contributed by atoms with van der Waals surface area (Å²) in [6, 6.07) is 0. The maximum atomic E-state index is 10.7. The highest BCUT2D eigenvalue weighted by molar-refractivity contribution is 5.65. The molecule has 4 nitrogen and oxygen atoms in total. The van der Waals surface area contributed by atoms with Crippen LogP contribution in [0.25, 0.3) is 0 Å². The van der Waals surface area contributed by atoms with Crippen LogP contribution in [0, 0.1) is 11.3 Å². The smallest absolute Gasteiger partial charge is 0.405 e. The summed E-state index contributed by atoms with van der Waals surface area (Å²) >= 11 is 0. The normalized spacial score (nSPS) is 32.1. The molecule has 1 amide bonds. The molecule has 0 radical (unpaired) electrons. The fourth-order valence-corrected chi connectivity index (χ4v) is 2.38. The highest BCUT2D eigenvalue weighted by Crippen LogP contribution is 2.50. The van der Waals surface area contributed by atoms with Crippen molar-refractivity contribution >= 4 is 6.09 Å². The van der Waals surface area contributed by atoms with Crippen LogP contribution in [0.2, 0.25) is 0 Å². The Labute approximate surface area is 84.4 Å². The third-order valence-corrected chi connectivity index (χ3v) is 3.11. The van der Waals surface area contributed by atoms with Crippen molar-refractivity contribution in [2.24, 2.45) is 17.1 Å². The summed E-state index contributed by atoms with van der Waals surface area (Å²) in [6.07, 6.45) is 0.874. The van der Waals surface area contributed by atoms with Gasteiger partial charge in [0.25, 0.3) is 0 Å². The van der Waals surface area contributed by atoms with Crippen molar-refractivity contribution in [1.29, 1.82) is 0 Å². The highest BCUT2D eigenvalue weighted by Gasteiger charge is 2.54. The Hall–Kier alpha value is -0.770. The second-order valence-corrected chi connectivity index (χ2v) is 5.10. The lowest BCUT2D eigenvalue weighted by molar-refractivity contribution is -0.160. The Balaban J connectivity index is 2.76. The van der Waals surface area contributed by atoms with Crippen LogP contribution in [0.3, 0.4) is 0 Å². The lowest BCUT2D eigenvalue weighted by Gasteiger charge is -2.52. The first-order chi connectivity index (χ1) is 6.32. The first kappa shape index (κ1) is 11.3. The monoisotopic (exact) mass is 201 g/mol. The molecule has 0 saturated heterocycles. The van der Waals surface area contributed by atoms with Crippen LogP contribution >= 0.6 is 0 Å². The third kappa shape index (κ3) is 1.85. The zero-order valence-corrected chi connectivity index (χ0v) is 9.04. The number of primary amides is 1. The van der Waals surface area contributed by atoms with Crippen molar-refractivity contribution in [1.82, 2.24) is 0 Å². The summed E-state index contributed by atoms with van der Waals surface area (Å²) in [5, 5.41) is 9.29. The molecule has 0 heterocycles. The minimum Gasteiger partial charge on any atom is -0.440 e. The van der Waals surface area contributed by atoms with E-state index in [2.05, 4.69) is 20.8 Å². The van der Waals surface area contributed by atoms with Crippen LogP contribution in [0.1, 0.15) is 33.6 Å². The van der Waals surface area contributed by atoms with E-state index in [-0.39, 0.29) is 17.9 Å². The van der Waals surface area contributed by atoms with Gasteiger partial charge in [0.2, 0.25) is 0 Å². The fraction of sp³-hybridized carbons (Fsp3) is 0.900. The largest absolute Gasteiger partial charge is 0.440 e. The summed E-state index contributed by atoms with van der Waals surface area (Å²) in [6.45, 7) is 6.08. The number of rotatable bonds is 2. The van der Waals surface area contributed by atoms with Gasteiger partial charge < -0.3 is 15.6 Å². The van der Waals surface area contributed by atoms with E-state index in [0.29, 0.717) is 6.42 Å². The molecule has 0 bridgehead atoms. The molecule has 1 aliphatic rings. The second-order valence-electron chi connectivity index (χ2n) is 5.10. The summed E-state index contributed by atoms with van der Waals surface area (Å²) in [4.78, 5) is 10.7. The summed E-state index contributed by atoms with van der Waals surface area (Å²) < 4.78 is 5.05. The van der Waals surface area contributed by atoms with Crippen molar-refractivity contribution in [2.75, 3.05) is 6.61 Å². The van der Waals surface area contributed by atoms with Crippen LogP contribution in [0.15, 0.2) is 0 Å². The van der Waals surface area contributed by atoms with Gasteiger partial charge in [-0.1, -0.05) is 20.8 Å². The standard InChI is InChI=1S/C10H19NO3/c1-9(2,3)7-4-5-10(7,6-12)14-8(11)13/h7,12H,4-6H2,1-3H3,(H2,11,13). The van der Waals surface area contributed by atoms with E-state index in [1.807, 2.05) is 0 Å². The zero-order valence-electron chi connectivity index (χ0n) is 9.04. The lowest BCUT2D eigenvalue weighted by atomic mass is 9.58. The first-order valence-electron chi connectivity index (χ1n) is 4.91. The van der Waals surface area contributed by atoms with E-state index in [1.54, 1.807) is 0 Å². The minimum atomic E-state index is -0.798. The van der Waals surface area contributed by atoms with Crippen molar-refractivity contribution in [2.45, 2.75) is 39.2 Å². The number of hydrogen-bond acceptors (Lipinski definition) is 3. The van der Waals surface area contributed by atoms with E-state index in [1.165, 1.54) is 0 Å². The molecule has 2 unspecified atom stereocenters. The topological polar surface area (TPSA) is 72.6 Å². The molecule has 82 valence electrons. The molecule has 0 aromatic rings. The average molecular weight is 201 g/mol. The molecule has 1 aliphatic carbocycles. The number of aliphatic hydroxyl groups excluding tert-OH is 1. The SMILES string of the molecule is CC(C)(C)C1CCC1(CO)OC(N)=O. The maximum absolute atomic E-state index is 10.7. The Morgan fingerprint density at radius 3 is 2.43 bits per heavy atom. The van der Waals surface area contributed by atoms with E-state index in [9.17, 15) is 9.90 Å². The van der Waals surface area contributed by atoms with Gasteiger partial charge in [0.05, 0.1) is 6.61 Å². The zero-order chi connectivity index (χ0) is 11.0. The molecule has 3 N–H and O–H groups in total. The summed E-state index contributed by atoms with van der Waals surface area (Å²) in [7, 11) is 0. The van der Waals surface area contributed by atoms with Gasteiger partial charge in [-0.25, -0.2) is 4.79 Å². The molecule has 1 fully saturated rings. The van der Waals surface area contributed by atoms with Crippen LogP contribution in [-0.4, -0.2) is 23.4 Å². The molecule has 0 spiro atoms. The summed E-state index contributed by atoms with van der Waals surface area (Å²) in [5.74, 6) is 0.187. The number of hydrogen-bond donors (Lipinski definition) is 2. The molecule has 4 heteroatoms. The summed E-state index contributed by atoms with van der Waals surface area (Å²) in [5.41, 5.74) is 4.29. The molecule has 0 aliphatic heterocycles. The number of aliphatic hydroxyl groups is 1. The molecule has 14 heavy (non-hydrogen) atoms. The molecule has 0 aromatic heterocycles. The lowest BCUT2D eigenvalue weighted by Crippen LogP contribution is -2.58. The van der Waals surface area contributed by atoms with Gasteiger partial charge in [0, 0.05) is 5.92 Å². The van der Waals surface area contributed by atoms with Crippen molar-refractivity contribution in [3.05, 3.63) is 0 Å². The van der Waals surface area contributed by atoms with Crippen LogP contribution in [0.5, 0.6) is 0 Å².